The van der Waals surface area contributed by atoms with Gasteiger partial charge < -0.3 is 5.11 Å². The van der Waals surface area contributed by atoms with Crippen LogP contribution in [0.25, 0.3) is 0 Å². The summed E-state index contributed by atoms with van der Waals surface area (Å²) in [5.41, 5.74) is -0.201. The average molecular weight is 314 g/mol. The molecule has 0 aliphatic heterocycles. The number of hydrogen-bond acceptors (Lipinski definition) is 2. The van der Waals surface area contributed by atoms with Crippen LogP contribution in [0.3, 0.4) is 0 Å². The van der Waals surface area contributed by atoms with E-state index in [4.69, 9.17) is 11.6 Å². The molecule has 0 spiro atoms. The third kappa shape index (κ3) is 2.51. The van der Waals surface area contributed by atoms with E-state index in [0.717, 1.165) is 17.2 Å². The Kier molecular flexibility index (Phi) is 3.22. The van der Waals surface area contributed by atoms with E-state index in [1.165, 1.54) is 6.07 Å². The Morgan fingerprint density at radius 3 is 2.10 bits per heavy atom. The zero-order chi connectivity index (χ0) is 15.3. The van der Waals surface area contributed by atoms with E-state index in [1.54, 1.807) is 0 Å². The van der Waals surface area contributed by atoms with Crippen LogP contribution in [0, 0.1) is 0 Å². The van der Waals surface area contributed by atoms with Crippen molar-refractivity contribution in [3.63, 3.8) is 0 Å². The zero-order valence-electron chi connectivity index (χ0n) is 10.8. The van der Waals surface area contributed by atoms with Crippen molar-refractivity contribution in [3.05, 3.63) is 63.9 Å². The smallest absolute Gasteiger partial charge is 0.384 e. The maximum absolute atomic E-state index is 12.6. The summed E-state index contributed by atoms with van der Waals surface area (Å²) in [4.78, 5) is 3.38. The van der Waals surface area contributed by atoms with E-state index < -0.39 is 17.5 Å². The minimum Gasteiger partial charge on any atom is -0.384 e. The van der Waals surface area contributed by atoms with Gasteiger partial charge in [-0.25, -0.2) is 4.98 Å². The Morgan fingerprint density at radius 2 is 1.62 bits per heavy atom. The largest absolute Gasteiger partial charge is 0.433 e. The van der Waals surface area contributed by atoms with Gasteiger partial charge in [0.2, 0.25) is 0 Å². The van der Waals surface area contributed by atoms with E-state index in [2.05, 4.69) is 4.98 Å². The van der Waals surface area contributed by atoms with Crippen molar-refractivity contribution < 1.29 is 18.3 Å². The Hall–Kier alpha value is -1.59. The number of hydrogen-bond donors (Lipinski definition) is 1. The number of nitrogens with zero attached hydrogens (tertiary/aromatic N) is 1. The second-order valence-corrected chi connectivity index (χ2v) is 5.54. The zero-order valence-corrected chi connectivity index (χ0v) is 11.5. The first-order valence-electron chi connectivity index (χ1n) is 6.33. The van der Waals surface area contributed by atoms with Crippen LogP contribution in [0.15, 0.2) is 36.4 Å². The summed E-state index contributed by atoms with van der Waals surface area (Å²) in [6.07, 6.45) is -3.92. The summed E-state index contributed by atoms with van der Waals surface area (Å²) in [6.45, 7) is 0. The molecule has 1 N–H and O–H groups in total. The van der Waals surface area contributed by atoms with Gasteiger partial charge in [0.05, 0.1) is 0 Å². The van der Waals surface area contributed by atoms with E-state index in [1.807, 2.05) is 24.3 Å². The van der Waals surface area contributed by atoms with Gasteiger partial charge in [0.1, 0.15) is 16.4 Å². The molecule has 1 aliphatic rings. The van der Waals surface area contributed by atoms with Crippen molar-refractivity contribution in [1.29, 1.82) is 0 Å². The topological polar surface area (TPSA) is 33.1 Å². The van der Waals surface area contributed by atoms with Gasteiger partial charge in [0, 0.05) is 18.4 Å². The van der Waals surface area contributed by atoms with Crippen LogP contribution >= 0.6 is 11.6 Å². The molecule has 3 rings (SSSR count). The first-order valence-corrected chi connectivity index (χ1v) is 6.71. The summed E-state index contributed by atoms with van der Waals surface area (Å²) < 4.78 is 37.8. The highest BCUT2D eigenvalue weighted by atomic mass is 35.5. The number of aromatic nitrogens is 1. The van der Waals surface area contributed by atoms with Crippen molar-refractivity contribution in [1.82, 2.24) is 4.98 Å². The molecule has 0 bridgehead atoms. The fourth-order valence-corrected chi connectivity index (χ4v) is 3.05. The van der Waals surface area contributed by atoms with Crippen LogP contribution in [-0.2, 0) is 24.6 Å². The summed E-state index contributed by atoms with van der Waals surface area (Å²) in [5.74, 6) is 0. The lowest BCUT2D eigenvalue weighted by atomic mass is 9.92. The summed E-state index contributed by atoms with van der Waals surface area (Å²) in [7, 11) is 0. The van der Waals surface area contributed by atoms with Crippen molar-refractivity contribution in [2.24, 2.45) is 0 Å². The highest BCUT2D eigenvalue weighted by Crippen LogP contribution is 2.41. The van der Waals surface area contributed by atoms with Crippen molar-refractivity contribution in [2.45, 2.75) is 24.6 Å². The van der Waals surface area contributed by atoms with Crippen LogP contribution in [-0.4, -0.2) is 10.1 Å². The minimum absolute atomic E-state index is 0.230. The highest BCUT2D eigenvalue weighted by Gasteiger charge is 2.40. The molecule has 0 atom stereocenters. The first-order chi connectivity index (χ1) is 9.79. The third-order valence-electron chi connectivity index (χ3n) is 3.72. The molecule has 1 heterocycles. The van der Waals surface area contributed by atoms with Gasteiger partial charge in [0.15, 0.2) is 0 Å². The molecule has 21 heavy (non-hydrogen) atoms. The molecular weight excluding hydrogens is 303 g/mol. The fraction of sp³-hybridized carbons (Fsp3) is 0.267. The van der Waals surface area contributed by atoms with Crippen LogP contribution in [0.5, 0.6) is 0 Å². The maximum Gasteiger partial charge on any atom is 0.433 e. The molecule has 2 nitrogen and oxygen atoms in total. The Bertz CT molecular complexity index is 675. The molecule has 110 valence electrons. The molecular formula is C15H11ClF3NO. The second-order valence-electron chi connectivity index (χ2n) is 5.19. The molecule has 0 saturated heterocycles. The number of alkyl halides is 3. The number of benzene rings is 1. The molecule has 0 saturated carbocycles. The van der Waals surface area contributed by atoms with Gasteiger partial charge in [-0.1, -0.05) is 41.9 Å². The van der Waals surface area contributed by atoms with Crippen LogP contribution in [0.1, 0.15) is 22.4 Å². The van der Waals surface area contributed by atoms with E-state index >= 15 is 0 Å². The Balaban J connectivity index is 1.99. The normalized spacial score (nSPS) is 16.8. The molecule has 0 fully saturated rings. The molecule has 0 amide bonds. The summed E-state index contributed by atoms with van der Waals surface area (Å²) in [5, 5.41) is 10.4. The highest BCUT2D eigenvalue weighted by molar-refractivity contribution is 6.30. The van der Waals surface area contributed by atoms with Gasteiger partial charge >= 0.3 is 6.18 Å². The minimum atomic E-state index is -4.55. The van der Waals surface area contributed by atoms with E-state index in [9.17, 15) is 18.3 Å². The molecule has 0 unspecified atom stereocenters. The third-order valence-corrected chi connectivity index (χ3v) is 4.01. The van der Waals surface area contributed by atoms with E-state index in [-0.39, 0.29) is 10.7 Å². The van der Waals surface area contributed by atoms with Crippen LogP contribution in [0.4, 0.5) is 13.2 Å². The SMILES string of the molecule is OC1(c2ccc(C(F)(F)F)nc2Cl)Cc2ccccc2C1. The van der Waals surface area contributed by atoms with Crippen molar-refractivity contribution in [2.75, 3.05) is 0 Å². The molecule has 2 aromatic rings. The lowest BCUT2D eigenvalue weighted by Crippen LogP contribution is -2.27. The average Bonchev–Trinajstić information content (AvgIpc) is 2.74. The number of rotatable bonds is 1. The maximum atomic E-state index is 12.6. The molecule has 1 aliphatic carbocycles. The standard InChI is InChI=1S/C15H11ClF3NO/c16-13-11(5-6-12(20-13)15(17,18)19)14(21)7-9-3-1-2-4-10(9)8-14/h1-6,21H,7-8H2. The number of pyridine rings is 1. The molecule has 1 aromatic heterocycles. The monoisotopic (exact) mass is 313 g/mol. The number of halogens is 4. The number of fused-ring (bicyclic) bond motifs is 1. The van der Waals surface area contributed by atoms with Gasteiger partial charge in [-0.2, -0.15) is 13.2 Å². The van der Waals surface area contributed by atoms with Crippen LogP contribution < -0.4 is 0 Å². The van der Waals surface area contributed by atoms with Gasteiger partial charge in [0.25, 0.3) is 0 Å². The van der Waals surface area contributed by atoms with Crippen molar-refractivity contribution >= 4 is 11.6 Å². The number of aliphatic hydroxyl groups is 1. The molecule has 0 radical (unpaired) electrons. The predicted molar refractivity (Wildman–Crippen MR) is 72.0 cm³/mol. The quantitative estimate of drug-likeness (QED) is 0.814. The first kappa shape index (κ1) is 14.4. The summed E-state index contributed by atoms with van der Waals surface area (Å²) >= 11 is 5.88. The van der Waals surface area contributed by atoms with Gasteiger partial charge in [-0.15, -0.1) is 0 Å². The Morgan fingerprint density at radius 1 is 1.05 bits per heavy atom. The second kappa shape index (κ2) is 4.71. The fourth-order valence-electron chi connectivity index (χ4n) is 2.72. The van der Waals surface area contributed by atoms with Crippen LogP contribution in [0.2, 0.25) is 5.15 Å². The predicted octanol–water partition coefficient (Wildman–Crippen LogP) is 3.74. The molecule has 1 aromatic carbocycles. The van der Waals surface area contributed by atoms with Gasteiger partial charge in [-0.3, -0.25) is 0 Å². The molecule has 6 heteroatoms. The lowest BCUT2D eigenvalue weighted by Gasteiger charge is -2.24. The van der Waals surface area contributed by atoms with Crippen molar-refractivity contribution in [3.8, 4) is 0 Å². The van der Waals surface area contributed by atoms with E-state index in [0.29, 0.717) is 12.8 Å². The van der Waals surface area contributed by atoms with Gasteiger partial charge in [-0.05, 0) is 17.2 Å². The Labute approximate surface area is 124 Å². The summed E-state index contributed by atoms with van der Waals surface area (Å²) in [6, 6.07) is 9.55. The lowest BCUT2D eigenvalue weighted by molar-refractivity contribution is -0.141.